The third kappa shape index (κ3) is 4.28. The Bertz CT molecular complexity index is 547. The van der Waals surface area contributed by atoms with Gasteiger partial charge in [-0.1, -0.05) is 0 Å². The quantitative estimate of drug-likeness (QED) is 0.467. The van der Waals surface area contributed by atoms with Crippen molar-refractivity contribution in [2.45, 2.75) is 19.8 Å². The number of aromatic nitrogens is 1. The van der Waals surface area contributed by atoms with Crippen LogP contribution in [-0.4, -0.2) is 35.1 Å². The Morgan fingerprint density at radius 1 is 1.45 bits per heavy atom. The molecule has 1 aliphatic carbocycles. The number of carbonyl (C=O) groups is 2. The number of aliphatic carboxylic acids is 1. The Hall–Kier alpha value is -2.01. The minimum atomic E-state index is -1.24. The predicted molar refractivity (Wildman–Crippen MR) is 73.1 cm³/mol. The molecule has 1 aromatic rings. The van der Waals surface area contributed by atoms with E-state index in [0.29, 0.717) is 18.1 Å². The number of carbonyl (C=O) groups excluding carboxylic acids is 1. The molecule has 1 aliphatic rings. The molecule has 0 saturated heterocycles. The number of ketones is 1. The number of aryl methyl sites for hydroxylation is 1. The molecule has 20 heavy (non-hydrogen) atoms. The number of carboxylic acids is 1. The van der Waals surface area contributed by atoms with E-state index in [9.17, 15) is 9.59 Å². The number of hydrogen-bond donors (Lipinski definition) is 1. The second kappa shape index (κ2) is 6.43. The van der Waals surface area contributed by atoms with Crippen LogP contribution >= 0.6 is 0 Å². The Morgan fingerprint density at radius 3 is 2.80 bits per heavy atom. The van der Waals surface area contributed by atoms with E-state index in [2.05, 4.69) is 4.98 Å². The molecule has 0 spiro atoms. The van der Waals surface area contributed by atoms with Crippen LogP contribution in [0.4, 0.5) is 0 Å². The highest BCUT2D eigenvalue weighted by Gasteiger charge is 2.23. The van der Waals surface area contributed by atoms with Crippen LogP contribution in [0.2, 0.25) is 0 Å². The van der Waals surface area contributed by atoms with Crippen LogP contribution in [0.1, 0.15) is 24.0 Å². The van der Waals surface area contributed by atoms with Gasteiger partial charge in [-0.25, -0.2) is 4.79 Å². The fourth-order valence-electron chi connectivity index (χ4n) is 1.77. The third-order valence-corrected chi connectivity index (χ3v) is 3.02. The van der Waals surface area contributed by atoms with Gasteiger partial charge in [0, 0.05) is 12.4 Å². The summed E-state index contributed by atoms with van der Waals surface area (Å²) in [5.41, 5.74) is 1.23. The summed E-state index contributed by atoms with van der Waals surface area (Å²) in [6.07, 6.45) is 6.79. The summed E-state index contributed by atoms with van der Waals surface area (Å²) in [7, 11) is 0. The second-order valence-electron chi connectivity index (χ2n) is 5.04. The van der Waals surface area contributed by atoms with E-state index in [4.69, 9.17) is 9.84 Å². The molecule has 0 radical (unpaired) electrons. The first kappa shape index (κ1) is 14.4. The first-order chi connectivity index (χ1) is 9.56. The minimum Gasteiger partial charge on any atom is -0.478 e. The van der Waals surface area contributed by atoms with Crippen molar-refractivity contribution in [3.8, 4) is 0 Å². The first-order valence-electron chi connectivity index (χ1n) is 6.54. The van der Waals surface area contributed by atoms with Gasteiger partial charge in [-0.05, 0) is 49.0 Å². The van der Waals surface area contributed by atoms with Crippen molar-refractivity contribution in [1.82, 2.24) is 4.98 Å². The zero-order chi connectivity index (χ0) is 14.5. The molecule has 2 rings (SSSR count). The lowest BCUT2D eigenvalue weighted by Crippen LogP contribution is -2.18. The molecule has 0 unspecified atom stereocenters. The molecule has 1 heterocycles. The molecule has 0 amide bonds. The molecule has 5 nitrogen and oxygen atoms in total. The van der Waals surface area contributed by atoms with Crippen molar-refractivity contribution in [2.75, 3.05) is 13.2 Å². The van der Waals surface area contributed by atoms with Crippen LogP contribution < -0.4 is 0 Å². The minimum absolute atomic E-state index is 0.187. The van der Waals surface area contributed by atoms with E-state index >= 15 is 0 Å². The lowest BCUT2D eigenvalue weighted by molar-refractivity contribution is -0.135. The van der Waals surface area contributed by atoms with Gasteiger partial charge in [0.05, 0.1) is 6.61 Å². The van der Waals surface area contributed by atoms with E-state index < -0.39 is 11.8 Å². The number of carboxylic acid groups (broad SMARTS) is 1. The fraction of sp³-hybridized carbons (Fsp3) is 0.400. The smallest absolute Gasteiger partial charge is 0.339 e. The van der Waals surface area contributed by atoms with E-state index in [-0.39, 0.29) is 12.2 Å². The summed E-state index contributed by atoms with van der Waals surface area (Å²) in [5, 5.41) is 9.13. The first-order valence-corrected chi connectivity index (χ1v) is 6.54. The van der Waals surface area contributed by atoms with Gasteiger partial charge in [0.25, 0.3) is 0 Å². The van der Waals surface area contributed by atoms with Crippen molar-refractivity contribution in [2.24, 2.45) is 5.92 Å². The molecule has 5 heteroatoms. The van der Waals surface area contributed by atoms with Crippen molar-refractivity contribution >= 4 is 17.8 Å². The van der Waals surface area contributed by atoms with Gasteiger partial charge in [-0.2, -0.15) is 0 Å². The highest BCUT2D eigenvalue weighted by molar-refractivity contribution is 6.20. The van der Waals surface area contributed by atoms with E-state index in [0.717, 1.165) is 18.4 Å². The third-order valence-electron chi connectivity index (χ3n) is 3.02. The van der Waals surface area contributed by atoms with Crippen molar-refractivity contribution in [3.05, 3.63) is 35.2 Å². The molecule has 106 valence electrons. The number of hydrogen-bond acceptors (Lipinski definition) is 4. The fourth-order valence-corrected chi connectivity index (χ4v) is 1.77. The lowest BCUT2D eigenvalue weighted by atomic mass is 10.1. The molecule has 1 saturated carbocycles. The maximum Gasteiger partial charge on any atom is 0.339 e. The molecule has 0 aliphatic heterocycles. The summed E-state index contributed by atoms with van der Waals surface area (Å²) in [6.45, 7) is 2.20. The largest absolute Gasteiger partial charge is 0.478 e. The molecule has 0 atom stereocenters. The highest BCUT2D eigenvalue weighted by Crippen LogP contribution is 2.28. The highest BCUT2D eigenvalue weighted by atomic mass is 16.5. The Labute approximate surface area is 117 Å². The number of pyridine rings is 1. The van der Waals surface area contributed by atoms with Gasteiger partial charge in [0.1, 0.15) is 12.2 Å². The average Bonchev–Trinajstić information content (AvgIpc) is 3.19. The molecule has 1 N–H and O–H groups in total. The Balaban J connectivity index is 2.04. The van der Waals surface area contributed by atoms with Crippen LogP contribution in [0.3, 0.4) is 0 Å². The molecule has 0 bridgehead atoms. The molecular formula is C15H17NO4. The zero-order valence-corrected chi connectivity index (χ0v) is 11.3. The molecule has 0 aromatic carbocycles. The van der Waals surface area contributed by atoms with E-state index in [1.165, 1.54) is 12.3 Å². The lowest BCUT2D eigenvalue weighted by Gasteiger charge is -2.04. The summed E-state index contributed by atoms with van der Waals surface area (Å²) in [4.78, 5) is 27.0. The molecular weight excluding hydrogens is 258 g/mol. The van der Waals surface area contributed by atoms with Crippen LogP contribution in [0.15, 0.2) is 24.0 Å². The maximum atomic E-state index is 11.9. The number of rotatable bonds is 7. The van der Waals surface area contributed by atoms with Crippen molar-refractivity contribution < 1.29 is 19.4 Å². The number of ether oxygens (including phenoxy) is 1. The van der Waals surface area contributed by atoms with Crippen molar-refractivity contribution in [1.29, 1.82) is 0 Å². The van der Waals surface area contributed by atoms with Gasteiger partial charge < -0.3 is 9.84 Å². The van der Waals surface area contributed by atoms with Gasteiger partial charge in [-0.15, -0.1) is 0 Å². The Kier molecular flexibility index (Phi) is 4.63. The van der Waals surface area contributed by atoms with E-state index in [1.807, 2.05) is 6.92 Å². The topological polar surface area (TPSA) is 76.5 Å². The SMILES string of the molecule is Cc1cncc(/C=C(\C(=O)O)C(=O)COCC2CC2)c1. The normalized spacial score (nSPS) is 15.2. The van der Waals surface area contributed by atoms with Crippen LogP contribution in [0.25, 0.3) is 6.08 Å². The van der Waals surface area contributed by atoms with Gasteiger partial charge in [0.15, 0.2) is 5.78 Å². The molecule has 1 fully saturated rings. The second-order valence-corrected chi connectivity index (χ2v) is 5.04. The number of Topliss-reactive ketones (excluding diaryl/α,β-unsaturated/α-hetero) is 1. The predicted octanol–water partition coefficient (Wildman–Crippen LogP) is 1.85. The maximum absolute atomic E-state index is 11.9. The standard InChI is InChI=1S/C15H17NO4/c1-10-4-12(7-16-6-10)5-13(15(18)19)14(17)9-20-8-11-2-3-11/h4-7,11H,2-3,8-9H2,1H3,(H,18,19)/b13-5-. The summed E-state index contributed by atoms with van der Waals surface area (Å²) in [6, 6.07) is 1.77. The van der Waals surface area contributed by atoms with Gasteiger partial charge in [0.2, 0.25) is 0 Å². The zero-order valence-electron chi connectivity index (χ0n) is 11.3. The molecule has 1 aromatic heterocycles. The summed E-state index contributed by atoms with van der Waals surface area (Å²) in [5.74, 6) is -1.22. The van der Waals surface area contributed by atoms with Crippen LogP contribution in [0.5, 0.6) is 0 Å². The van der Waals surface area contributed by atoms with Crippen molar-refractivity contribution in [3.63, 3.8) is 0 Å². The van der Waals surface area contributed by atoms with Crippen LogP contribution in [-0.2, 0) is 14.3 Å². The number of nitrogens with zero attached hydrogens (tertiary/aromatic N) is 1. The average molecular weight is 275 g/mol. The van der Waals surface area contributed by atoms with Crippen LogP contribution in [0, 0.1) is 12.8 Å². The van der Waals surface area contributed by atoms with E-state index in [1.54, 1.807) is 12.3 Å². The Morgan fingerprint density at radius 2 is 2.20 bits per heavy atom. The van der Waals surface area contributed by atoms with Gasteiger partial charge >= 0.3 is 5.97 Å². The monoisotopic (exact) mass is 275 g/mol. The summed E-state index contributed by atoms with van der Waals surface area (Å²) >= 11 is 0. The van der Waals surface area contributed by atoms with Gasteiger partial charge in [-0.3, -0.25) is 9.78 Å². The summed E-state index contributed by atoms with van der Waals surface area (Å²) < 4.78 is 5.24.